The number of ether oxygens (including phenoxy) is 2. The highest BCUT2D eigenvalue weighted by molar-refractivity contribution is 5.68. The monoisotopic (exact) mass is 249 g/mol. The van der Waals surface area contributed by atoms with Gasteiger partial charge in [-0.3, -0.25) is 0 Å². The van der Waals surface area contributed by atoms with E-state index in [0.717, 1.165) is 5.56 Å². The average Bonchev–Trinajstić information content (AvgIpc) is 2.40. The Morgan fingerprint density at radius 2 is 2.17 bits per heavy atom. The number of rotatable bonds is 2. The van der Waals surface area contributed by atoms with Crippen molar-refractivity contribution in [2.24, 2.45) is 0 Å². The molecule has 1 fully saturated rings. The molecule has 0 aliphatic carbocycles. The van der Waals surface area contributed by atoms with E-state index in [4.69, 9.17) is 9.47 Å². The summed E-state index contributed by atoms with van der Waals surface area (Å²) in [5.41, 5.74) is 1.10. The molecule has 1 aromatic carbocycles. The van der Waals surface area contributed by atoms with Crippen LogP contribution in [0, 0.1) is 0 Å². The van der Waals surface area contributed by atoms with Gasteiger partial charge in [-0.2, -0.15) is 0 Å². The molecule has 2 unspecified atom stereocenters. The van der Waals surface area contributed by atoms with E-state index in [2.05, 4.69) is 0 Å². The quantitative estimate of drug-likeness (QED) is 0.808. The highest BCUT2D eigenvalue weighted by Gasteiger charge is 2.31. The van der Waals surface area contributed by atoms with Crippen LogP contribution >= 0.6 is 0 Å². The molecule has 1 aromatic rings. The number of morpholine rings is 1. The third-order valence-electron chi connectivity index (χ3n) is 3.11. The molecule has 1 saturated heterocycles. The number of carbonyl (C=O) groups is 1. The lowest BCUT2D eigenvalue weighted by molar-refractivity contribution is -0.0547. The highest BCUT2D eigenvalue weighted by Crippen LogP contribution is 2.25. The molecule has 1 amide bonds. The predicted molar refractivity (Wildman–Crippen MR) is 68.3 cm³/mol. The van der Waals surface area contributed by atoms with Crippen molar-refractivity contribution < 1.29 is 14.3 Å². The van der Waals surface area contributed by atoms with Crippen LogP contribution in [0.4, 0.5) is 4.79 Å². The standard InChI is InChI=1S/C14H19NO3/c1-3-17-14(16)15-9-13(18-10-11(15)2)12-7-5-4-6-8-12/h4-8,11,13H,3,9-10H2,1-2H3. The molecule has 2 rings (SSSR count). The van der Waals surface area contributed by atoms with Gasteiger partial charge in [0.15, 0.2) is 0 Å². The Morgan fingerprint density at radius 1 is 1.44 bits per heavy atom. The number of amides is 1. The number of nitrogens with zero attached hydrogens (tertiary/aromatic N) is 1. The lowest BCUT2D eigenvalue weighted by Crippen LogP contribution is -2.48. The largest absolute Gasteiger partial charge is 0.450 e. The third-order valence-corrected chi connectivity index (χ3v) is 3.11. The van der Waals surface area contributed by atoms with Gasteiger partial charge in [0.2, 0.25) is 0 Å². The molecule has 0 N–H and O–H groups in total. The summed E-state index contributed by atoms with van der Waals surface area (Å²) in [6, 6.07) is 10.0. The Balaban J connectivity index is 2.07. The topological polar surface area (TPSA) is 38.8 Å². The number of benzene rings is 1. The van der Waals surface area contributed by atoms with Crippen molar-refractivity contribution >= 4 is 6.09 Å². The first kappa shape index (κ1) is 12.9. The molecule has 4 nitrogen and oxygen atoms in total. The van der Waals surface area contributed by atoms with E-state index in [0.29, 0.717) is 19.8 Å². The third kappa shape index (κ3) is 2.82. The molecule has 0 saturated carbocycles. The molecule has 18 heavy (non-hydrogen) atoms. The zero-order valence-corrected chi connectivity index (χ0v) is 10.8. The second kappa shape index (κ2) is 5.87. The summed E-state index contributed by atoms with van der Waals surface area (Å²) in [6.45, 7) is 5.27. The van der Waals surface area contributed by atoms with Crippen LogP contribution in [0.2, 0.25) is 0 Å². The Labute approximate surface area is 107 Å². The minimum Gasteiger partial charge on any atom is -0.450 e. The fourth-order valence-electron chi connectivity index (χ4n) is 2.09. The van der Waals surface area contributed by atoms with E-state index in [-0.39, 0.29) is 18.2 Å². The fourth-order valence-corrected chi connectivity index (χ4v) is 2.09. The van der Waals surface area contributed by atoms with E-state index >= 15 is 0 Å². The van der Waals surface area contributed by atoms with Gasteiger partial charge in [0, 0.05) is 0 Å². The van der Waals surface area contributed by atoms with Gasteiger partial charge in [0.25, 0.3) is 0 Å². The Morgan fingerprint density at radius 3 is 2.83 bits per heavy atom. The van der Waals surface area contributed by atoms with Crippen molar-refractivity contribution in [3.8, 4) is 0 Å². The Bertz CT molecular complexity index is 393. The number of hydrogen-bond acceptors (Lipinski definition) is 3. The first-order chi connectivity index (χ1) is 8.72. The molecule has 4 heteroatoms. The predicted octanol–water partition coefficient (Wildman–Crippen LogP) is 2.60. The molecule has 0 bridgehead atoms. The Hall–Kier alpha value is -1.55. The average molecular weight is 249 g/mol. The normalized spacial score (nSPS) is 23.8. The van der Waals surface area contributed by atoms with Crippen molar-refractivity contribution in [2.75, 3.05) is 19.8 Å². The summed E-state index contributed by atoms with van der Waals surface area (Å²) in [5.74, 6) is 0. The molecule has 1 aliphatic heterocycles. The van der Waals surface area contributed by atoms with Crippen molar-refractivity contribution in [3.05, 3.63) is 35.9 Å². The zero-order chi connectivity index (χ0) is 13.0. The van der Waals surface area contributed by atoms with Crippen LogP contribution in [0.5, 0.6) is 0 Å². The molecule has 0 radical (unpaired) electrons. The van der Waals surface area contributed by atoms with Gasteiger partial charge in [0.05, 0.1) is 25.8 Å². The SMILES string of the molecule is CCOC(=O)N1CC(c2ccccc2)OCC1C. The lowest BCUT2D eigenvalue weighted by Gasteiger charge is -2.37. The van der Waals surface area contributed by atoms with Crippen molar-refractivity contribution in [1.29, 1.82) is 0 Å². The van der Waals surface area contributed by atoms with E-state index in [1.54, 1.807) is 4.90 Å². The maximum atomic E-state index is 11.8. The number of hydrogen-bond donors (Lipinski definition) is 0. The highest BCUT2D eigenvalue weighted by atomic mass is 16.6. The first-order valence-electron chi connectivity index (χ1n) is 6.32. The van der Waals surface area contributed by atoms with Crippen LogP contribution in [-0.4, -0.2) is 36.8 Å². The second-order valence-corrected chi connectivity index (χ2v) is 4.43. The maximum absolute atomic E-state index is 11.8. The maximum Gasteiger partial charge on any atom is 0.410 e. The van der Waals surface area contributed by atoms with E-state index in [1.165, 1.54) is 0 Å². The van der Waals surface area contributed by atoms with Crippen LogP contribution in [-0.2, 0) is 9.47 Å². The van der Waals surface area contributed by atoms with Crippen LogP contribution in [0.15, 0.2) is 30.3 Å². The van der Waals surface area contributed by atoms with Crippen LogP contribution < -0.4 is 0 Å². The van der Waals surface area contributed by atoms with Crippen LogP contribution in [0.25, 0.3) is 0 Å². The fraction of sp³-hybridized carbons (Fsp3) is 0.500. The molecule has 1 aliphatic rings. The summed E-state index contributed by atoms with van der Waals surface area (Å²) in [6.07, 6.45) is -0.318. The van der Waals surface area contributed by atoms with Crippen molar-refractivity contribution in [2.45, 2.75) is 26.0 Å². The van der Waals surface area contributed by atoms with Gasteiger partial charge < -0.3 is 14.4 Å². The van der Waals surface area contributed by atoms with Crippen LogP contribution in [0.1, 0.15) is 25.5 Å². The minimum atomic E-state index is -0.255. The molecule has 98 valence electrons. The molecular formula is C14H19NO3. The summed E-state index contributed by atoms with van der Waals surface area (Å²) in [5, 5.41) is 0. The van der Waals surface area contributed by atoms with Crippen molar-refractivity contribution in [1.82, 2.24) is 4.90 Å². The summed E-state index contributed by atoms with van der Waals surface area (Å²) >= 11 is 0. The van der Waals surface area contributed by atoms with Gasteiger partial charge >= 0.3 is 6.09 Å². The van der Waals surface area contributed by atoms with E-state index in [9.17, 15) is 4.79 Å². The molecule has 2 atom stereocenters. The summed E-state index contributed by atoms with van der Waals surface area (Å²) in [7, 11) is 0. The Kier molecular flexibility index (Phi) is 4.20. The van der Waals surface area contributed by atoms with E-state index in [1.807, 2.05) is 44.2 Å². The molecule has 0 spiro atoms. The van der Waals surface area contributed by atoms with E-state index < -0.39 is 0 Å². The summed E-state index contributed by atoms with van der Waals surface area (Å²) in [4.78, 5) is 13.6. The van der Waals surface area contributed by atoms with Gasteiger partial charge in [-0.25, -0.2) is 4.79 Å². The molecule has 1 heterocycles. The summed E-state index contributed by atoms with van der Waals surface area (Å²) < 4.78 is 10.9. The van der Waals surface area contributed by atoms with Gasteiger partial charge in [-0.1, -0.05) is 30.3 Å². The zero-order valence-electron chi connectivity index (χ0n) is 10.8. The van der Waals surface area contributed by atoms with Gasteiger partial charge in [0.1, 0.15) is 6.10 Å². The molecular weight excluding hydrogens is 230 g/mol. The lowest BCUT2D eigenvalue weighted by atomic mass is 10.1. The number of carbonyl (C=O) groups excluding carboxylic acids is 1. The second-order valence-electron chi connectivity index (χ2n) is 4.43. The minimum absolute atomic E-state index is 0.0593. The first-order valence-corrected chi connectivity index (χ1v) is 6.32. The smallest absolute Gasteiger partial charge is 0.410 e. The van der Waals surface area contributed by atoms with Crippen LogP contribution in [0.3, 0.4) is 0 Å². The molecule has 0 aromatic heterocycles. The van der Waals surface area contributed by atoms with Crippen molar-refractivity contribution in [3.63, 3.8) is 0 Å². The van der Waals surface area contributed by atoms with Gasteiger partial charge in [-0.05, 0) is 19.4 Å². The van der Waals surface area contributed by atoms with Gasteiger partial charge in [-0.15, -0.1) is 0 Å².